The lowest BCUT2D eigenvalue weighted by Crippen LogP contribution is -2.42. The normalized spacial score (nSPS) is 29.7. The molecule has 2 rings (SSSR count). The third-order valence-corrected chi connectivity index (χ3v) is 2.73. The maximum absolute atomic E-state index is 12.2. The Morgan fingerprint density at radius 2 is 1.73 bits per heavy atom. The number of rotatable bonds is 0. The second-order valence-electron chi connectivity index (χ2n) is 3.45. The summed E-state index contributed by atoms with van der Waals surface area (Å²) in [6.07, 6.45) is -1.15. The fourth-order valence-corrected chi connectivity index (χ4v) is 2.00. The third kappa shape index (κ3) is 1.04. The van der Waals surface area contributed by atoms with Gasteiger partial charge in [0.1, 0.15) is 0 Å². The fraction of sp³-hybridized carbons (Fsp3) is 1.00. The molecule has 0 radical (unpaired) electrons. The van der Waals surface area contributed by atoms with Gasteiger partial charge in [0.05, 0.1) is 0 Å². The second-order valence-corrected chi connectivity index (χ2v) is 3.45. The first-order valence-electron chi connectivity index (χ1n) is 3.89. The van der Waals surface area contributed by atoms with Gasteiger partial charge in [-0.25, -0.2) is 4.90 Å². The minimum Gasteiger partial charge on any atom is -0.209 e. The van der Waals surface area contributed by atoms with Crippen LogP contribution < -0.4 is 0 Å². The Labute approximate surface area is 63.2 Å². The Hall–Kier alpha value is -0.250. The molecular formula is C7H10F3N. The maximum Gasteiger partial charge on any atom is 0.460 e. The molecule has 1 saturated carbocycles. The van der Waals surface area contributed by atoms with E-state index in [1.54, 1.807) is 0 Å². The van der Waals surface area contributed by atoms with E-state index in [1.165, 1.54) is 0 Å². The number of alkyl halides is 3. The van der Waals surface area contributed by atoms with Crippen LogP contribution in [0, 0.1) is 0 Å². The van der Waals surface area contributed by atoms with Crippen molar-refractivity contribution < 1.29 is 13.2 Å². The first-order valence-corrected chi connectivity index (χ1v) is 3.89. The van der Waals surface area contributed by atoms with E-state index in [0.29, 0.717) is 6.42 Å². The molecule has 1 spiro atoms. The molecule has 0 amide bonds. The average molecular weight is 165 g/mol. The lowest BCUT2D eigenvalue weighted by Gasteiger charge is -2.25. The van der Waals surface area contributed by atoms with Gasteiger partial charge in [-0.05, 0) is 25.7 Å². The molecule has 2 fully saturated rings. The van der Waals surface area contributed by atoms with Gasteiger partial charge in [-0.3, -0.25) is 0 Å². The first kappa shape index (κ1) is 7.40. The van der Waals surface area contributed by atoms with Crippen LogP contribution in [0.3, 0.4) is 0 Å². The number of halogens is 3. The number of likely N-dealkylation sites (tertiary alicyclic amines) is 1. The summed E-state index contributed by atoms with van der Waals surface area (Å²) in [5.41, 5.74) is -0.446. The highest BCUT2D eigenvalue weighted by Gasteiger charge is 2.59. The molecule has 2 aliphatic rings. The van der Waals surface area contributed by atoms with Gasteiger partial charge in [-0.1, -0.05) is 0 Å². The Morgan fingerprint density at radius 3 is 2.09 bits per heavy atom. The van der Waals surface area contributed by atoms with E-state index < -0.39 is 11.8 Å². The number of hydrogen-bond donors (Lipinski definition) is 0. The van der Waals surface area contributed by atoms with E-state index in [9.17, 15) is 13.2 Å². The van der Waals surface area contributed by atoms with Crippen molar-refractivity contribution in [2.45, 2.75) is 37.5 Å². The predicted octanol–water partition coefficient (Wildman–Crippen LogP) is 2.13. The summed E-state index contributed by atoms with van der Waals surface area (Å²) < 4.78 is 36.7. The highest BCUT2D eigenvalue weighted by Crippen LogP contribution is 2.53. The molecule has 4 heteroatoms. The van der Waals surface area contributed by atoms with Crippen LogP contribution in [0.2, 0.25) is 0 Å². The third-order valence-electron chi connectivity index (χ3n) is 2.73. The molecule has 0 bridgehead atoms. The van der Waals surface area contributed by atoms with Crippen molar-refractivity contribution in [1.82, 2.24) is 4.90 Å². The predicted molar refractivity (Wildman–Crippen MR) is 34.0 cm³/mol. The smallest absolute Gasteiger partial charge is 0.209 e. The van der Waals surface area contributed by atoms with Crippen LogP contribution in [0.4, 0.5) is 13.2 Å². The van der Waals surface area contributed by atoms with Crippen LogP contribution in [0.5, 0.6) is 0 Å². The molecule has 0 N–H and O–H groups in total. The number of nitrogens with zero attached hydrogens (tertiary/aromatic N) is 1. The average Bonchev–Trinajstić information content (AvgIpc) is 2.38. The van der Waals surface area contributed by atoms with Gasteiger partial charge in [-0.2, -0.15) is 13.2 Å². The molecule has 64 valence electrons. The molecule has 1 saturated heterocycles. The lowest BCUT2D eigenvalue weighted by molar-refractivity contribution is -0.254. The van der Waals surface area contributed by atoms with Crippen molar-refractivity contribution in [3.63, 3.8) is 0 Å². The van der Waals surface area contributed by atoms with Crippen molar-refractivity contribution in [3.8, 4) is 0 Å². The van der Waals surface area contributed by atoms with Crippen LogP contribution in [-0.4, -0.2) is 23.3 Å². The summed E-state index contributed by atoms with van der Waals surface area (Å²) in [6.45, 7) is 0.212. The maximum atomic E-state index is 12.2. The molecule has 1 nitrogen and oxygen atoms in total. The zero-order valence-electron chi connectivity index (χ0n) is 6.12. The Morgan fingerprint density at radius 1 is 1.09 bits per heavy atom. The molecule has 0 atom stereocenters. The zero-order chi connectivity index (χ0) is 8.11. The van der Waals surface area contributed by atoms with Gasteiger partial charge < -0.3 is 0 Å². The lowest BCUT2D eigenvalue weighted by atomic mass is 10.2. The largest absolute Gasteiger partial charge is 0.460 e. The summed E-state index contributed by atoms with van der Waals surface area (Å²) >= 11 is 0. The van der Waals surface area contributed by atoms with E-state index in [1.807, 2.05) is 0 Å². The van der Waals surface area contributed by atoms with E-state index in [2.05, 4.69) is 0 Å². The summed E-state index contributed by atoms with van der Waals surface area (Å²) in [6, 6.07) is 0. The molecule has 0 aromatic rings. The van der Waals surface area contributed by atoms with E-state index in [4.69, 9.17) is 0 Å². The monoisotopic (exact) mass is 165 g/mol. The minimum atomic E-state index is -4.09. The topological polar surface area (TPSA) is 3.24 Å². The van der Waals surface area contributed by atoms with Crippen LogP contribution in [0.25, 0.3) is 0 Å². The Kier molecular flexibility index (Phi) is 1.29. The molecular weight excluding hydrogens is 155 g/mol. The fourth-order valence-electron chi connectivity index (χ4n) is 2.00. The SMILES string of the molecule is FC(F)(F)N1CCCC12CC2. The first-order chi connectivity index (χ1) is 5.05. The van der Waals surface area contributed by atoms with E-state index >= 15 is 0 Å². The van der Waals surface area contributed by atoms with Crippen LogP contribution in [0.15, 0.2) is 0 Å². The molecule has 0 unspecified atom stereocenters. The molecule has 1 aliphatic carbocycles. The zero-order valence-corrected chi connectivity index (χ0v) is 6.12. The van der Waals surface area contributed by atoms with Gasteiger partial charge >= 0.3 is 6.30 Å². The van der Waals surface area contributed by atoms with Gasteiger partial charge in [-0.15, -0.1) is 0 Å². The quantitative estimate of drug-likeness (QED) is 0.497. The van der Waals surface area contributed by atoms with Crippen molar-refractivity contribution in [2.24, 2.45) is 0 Å². The Balaban J connectivity index is 2.14. The van der Waals surface area contributed by atoms with Gasteiger partial charge in [0, 0.05) is 12.1 Å². The van der Waals surface area contributed by atoms with Crippen LogP contribution in [-0.2, 0) is 0 Å². The van der Waals surface area contributed by atoms with Crippen LogP contribution in [0.1, 0.15) is 25.7 Å². The van der Waals surface area contributed by atoms with Crippen molar-refractivity contribution >= 4 is 0 Å². The molecule has 1 aliphatic heterocycles. The van der Waals surface area contributed by atoms with Crippen molar-refractivity contribution in [1.29, 1.82) is 0 Å². The second kappa shape index (κ2) is 1.91. The van der Waals surface area contributed by atoms with Gasteiger partial charge in [0.2, 0.25) is 0 Å². The highest BCUT2D eigenvalue weighted by atomic mass is 19.4. The van der Waals surface area contributed by atoms with E-state index in [0.717, 1.165) is 24.2 Å². The standard InChI is InChI=1S/C7H10F3N/c8-7(9,10)11-5-1-2-6(11)3-4-6/h1-5H2. The molecule has 11 heavy (non-hydrogen) atoms. The number of hydrogen-bond acceptors (Lipinski definition) is 1. The summed E-state index contributed by atoms with van der Waals surface area (Å²) in [4.78, 5) is 0.722. The highest BCUT2D eigenvalue weighted by molar-refractivity contribution is 5.07. The van der Waals surface area contributed by atoms with Crippen molar-refractivity contribution in [3.05, 3.63) is 0 Å². The van der Waals surface area contributed by atoms with Crippen molar-refractivity contribution in [2.75, 3.05) is 6.54 Å². The molecule has 0 aromatic carbocycles. The molecule has 0 aromatic heterocycles. The van der Waals surface area contributed by atoms with Crippen LogP contribution >= 0.6 is 0 Å². The summed E-state index contributed by atoms with van der Waals surface area (Å²) in [5.74, 6) is 0. The summed E-state index contributed by atoms with van der Waals surface area (Å²) in [5, 5.41) is 0. The van der Waals surface area contributed by atoms with E-state index in [-0.39, 0.29) is 6.54 Å². The minimum absolute atomic E-state index is 0.212. The van der Waals surface area contributed by atoms with Gasteiger partial charge in [0.25, 0.3) is 0 Å². The molecule has 1 heterocycles. The Bertz CT molecular complexity index is 171. The summed E-state index contributed by atoms with van der Waals surface area (Å²) in [7, 11) is 0. The van der Waals surface area contributed by atoms with Gasteiger partial charge in [0.15, 0.2) is 0 Å².